The summed E-state index contributed by atoms with van der Waals surface area (Å²) in [6.07, 6.45) is 0.967. The molecule has 0 saturated carbocycles. The lowest BCUT2D eigenvalue weighted by atomic mass is 10.1. The van der Waals surface area contributed by atoms with Gasteiger partial charge >= 0.3 is 0 Å². The molecule has 1 saturated heterocycles. The largest absolute Gasteiger partial charge is 0.338 e. The molecule has 1 aliphatic heterocycles. The number of hydrogen-bond acceptors (Lipinski definition) is 4. The molecule has 1 amide bonds. The van der Waals surface area contributed by atoms with E-state index in [1.807, 2.05) is 11.8 Å². The lowest BCUT2D eigenvalue weighted by Gasteiger charge is -2.19. The highest BCUT2D eigenvalue weighted by atomic mass is 79.9. The molecular formula is C12H13BrN2O3S. The van der Waals surface area contributed by atoms with Crippen molar-refractivity contribution in [2.45, 2.75) is 6.42 Å². The summed E-state index contributed by atoms with van der Waals surface area (Å²) in [7, 11) is 0. The van der Waals surface area contributed by atoms with Crippen molar-refractivity contribution in [2.75, 3.05) is 24.6 Å². The molecule has 7 heteroatoms. The predicted molar refractivity (Wildman–Crippen MR) is 78.6 cm³/mol. The maximum atomic E-state index is 12.3. The van der Waals surface area contributed by atoms with Gasteiger partial charge in [0.15, 0.2) is 0 Å². The molecule has 1 heterocycles. The molecule has 102 valence electrons. The summed E-state index contributed by atoms with van der Waals surface area (Å²) in [5.41, 5.74) is 0.303. The van der Waals surface area contributed by atoms with Crippen LogP contribution >= 0.6 is 27.7 Å². The highest BCUT2D eigenvalue weighted by molar-refractivity contribution is 9.10. The van der Waals surface area contributed by atoms with Gasteiger partial charge in [0.2, 0.25) is 0 Å². The van der Waals surface area contributed by atoms with Crippen LogP contribution in [0.15, 0.2) is 22.7 Å². The van der Waals surface area contributed by atoms with E-state index in [2.05, 4.69) is 15.9 Å². The third kappa shape index (κ3) is 3.48. The van der Waals surface area contributed by atoms with Gasteiger partial charge in [-0.05, 0) is 40.2 Å². The molecule has 0 unspecified atom stereocenters. The molecule has 19 heavy (non-hydrogen) atoms. The van der Waals surface area contributed by atoms with E-state index in [1.165, 1.54) is 6.07 Å². The van der Waals surface area contributed by atoms with Crippen LogP contribution in [0.5, 0.6) is 0 Å². The Morgan fingerprint density at radius 2 is 2.16 bits per heavy atom. The molecule has 0 spiro atoms. The average molecular weight is 345 g/mol. The van der Waals surface area contributed by atoms with Gasteiger partial charge in [-0.2, -0.15) is 11.8 Å². The van der Waals surface area contributed by atoms with E-state index in [0.717, 1.165) is 24.5 Å². The number of halogens is 1. The van der Waals surface area contributed by atoms with E-state index in [4.69, 9.17) is 0 Å². The second-order valence-electron chi connectivity index (χ2n) is 4.18. The Morgan fingerprint density at radius 1 is 1.37 bits per heavy atom. The fraction of sp³-hybridized carbons (Fsp3) is 0.417. The Morgan fingerprint density at radius 3 is 2.89 bits per heavy atom. The highest BCUT2D eigenvalue weighted by Crippen LogP contribution is 2.26. The van der Waals surface area contributed by atoms with Crippen LogP contribution < -0.4 is 0 Å². The third-order valence-electron chi connectivity index (χ3n) is 2.90. The smallest absolute Gasteiger partial charge is 0.284 e. The van der Waals surface area contributed by atoms with Crippen molar-refractivity contribution in [3.8, 4) is 0 Å². The highest BCUT2D eigenvalue weighted by Gasteiger charge is 2.21. The van der Waals surface area contributed by atoms with Crippen molar-refractivity contribution in [3.63, 3.8) is 0 Å². The van der Waals surface area contributed by atoms with Crippen molar-refractivity contribution in [1.29, 1.82) is 0 Å². The number of nitro groups is 1. The maximum Gasteiger partial charge on any atom is 0.284 e. The van der Waals surface area contributed by atoms with Gasteiger partial charge in [-0.3, -0.25) is 14.9 Å². The summed E-state index contributed by atoms with van der Waals surface area (Å²) in [5.74, 6) is 1.85. The Hall–Kier alpha value is -1.08. The van der Waals surface area contributed by atoms with E-state index in [-0.39, 0.29) is 11.6 Å². The van der Waals surface area contributed by atoms with Crippen molar-refractivity contribution in [3.05, 3.63) is 38.3 Å². The summed E-state index contributed by atoms with van der Waals surface area (Å²) in [5, 5.41) is 10.9. The zero-order chi connectivity index (χ0) is 13.8. The van der Waals surface area contributed by atoms with Gasteiger partial charge in [-0.15, -0.1) is 0 Å². The molecule has 2 rings (SSSR count). The van der Waals surface area contributed by atoms with Crippen LogP contribution in [0.2, 0.25) is 0 Å². The zero-order valence-corrected chi connectivity index (χ0v) is 12.6. The Bertz CT molecular complexity index is 502. The number of rotatable bonds is 2. The quantitative estimate of drug-likeness (QED) is 0.611. The normalized spacial score (nSPS) is 15.9. The van der Waals surface area contributed by atoms with E-state index in [1.54, 1.807) is 17.0 Å². The Kier molecular flexibility index (Phi) is 4.81. The van der Waals surface area contributed by atoms with Gasteiger partial charge < -0.3 is 4.90 Å². The Balaban J connectivity index is 2.23. The molecule has 0 aliphatic carbocycles. The van der Waals surface area contributed by atoms with Crippen LogP contribution in [-0.2, 0) is 0 Å². The van der Waals surface area contributed by atoms with Crippen molar-refractivity contribution in [1.82, 2.24) is 4.90 Å². The second kappa shape index (κ2) is 6.38. The van der Waals surface area contributed by atoms with Crippen LogP contribution in [0.4, 0.5) is 5.69 Å². The molecular weight excluding hydrogens is 332 g/mol. The number of nitrogens with zero attached hydrogens (tertiary/aromatic N) is 2. The summed E-state index contributed by atoms with van der Waals surface area (Å²) >= 11 is 4.95. The number of hydrogen-bond donors (Lipinski definition) is 0. The first kappa shape index (κ1) is 14.3. The van der Waals surface area contributed by atoms with Crippen molar-refractivity contribution >= 4 is 39.3 Å². The molecule has 5 nitrogen and oxygen atoms in total. The second-order valence-corrected chi connectivity index (χ2v) is 6.26. The van der Waals surface area contributed by atoms with Crippen LogP contribution in [0.3, 0.4) is 0 Å². The molecule has 0 N–H and O–H groups in total. The number of carbonyl (C=O) groups is 1. The molecule has 1 aliphatic rings. The van der Waals surface area contributed by atoms with E-state index in [9.17, 15) is 14.9 Å². The maximum absolute atomic E-state index is 12.3. The van der Waals surface area contributed by atoms with Crippen molar-refractivity contribution in [2.24, 2.45) is 0 Å². The fourth-order valence-electron chi connectivity index (χ4n) is 1.92. The van der Waals surface area contributed by atoms with E-state index in [0.29, 0.717) is 16.6 Å². The summed E-state index contributed by atoms with van der Waals surface area (Å²) in [6.45, 7) is 1.42. The van der Waals surface area contributed by atoms with Crippen LogP contribution in [0.1, 0.15) is 16.8 Å². The minimum Gasteiger partial charge on any atom is -0.338 e. The summed E-state index contributed by atoms with van der Waals surface area (Å²) in [4.78, 5) is 24.5. The van der Waals surface area contributed by atoms with Crippen molar-refractivity contribution < 1.29 is 9.72 Å². The van der Waals surface area contributed by atoms with Gasteiger partial charge in [-0.1, -0.05) is 0 Å². The first-order valence-electron chi connectivity index (χ1n) is 5.90. The number of benzene rings is 1. The SMILES string of the molecule is O=C(c1ccc(Br)c([N+](=O)[O-])c1)N1CCCSCC1. The first-order chi connectivity index (χ1) is 9.09. The monoisotopic (exact) mass is 344 g/mol. The topological polar surface area (TPSA) is 63.4 Å². The standard InChI is InChI=1S/C12H13BrN2O3S/c13-10-3-2-9(8-11(10)15(17)18)12(16)14-4-1-6-19-7-5-14/h2-3,8H,1,4-7H2. The minimum absolute atomic E-state index is 0.0740. The predicted octanol–water partition coefficient (Wildman–Crippen LogP) is 2.94. The molecule has 1 aromatic carbocycles. The van der Waals surface area contributed by atoms with Crippen LogP contribution in [0.25, 0.3) is 0 Å². The van der Waals surface area contributed by atoms with Gasteiger partial charge in [0.25, 0.3) is 11.6 Å². The molecule has 0 radical (unpaired) electrons. The lowest BCUT2D eigenvalue weighted by Crippen LogP contribution is -2.32. The molecule has 0 bridgehead atoms. The lowest BCUT2D eigenvalue weighted by molar-refractivity contribution is -0.385. The molecule has 0 aromatic heterocycles. The van der Waals surface area contributed by atoms with Gasteiger partial charge in [0, 0.05) is 30.5 Å². The summed E-state index contributed by atoms with van der Waals surface area (Å²) < 4.78 is 0.389. The Labute approximate surface area is 123 Å². The summed E-state index contributed by atoms with van der Waals surface area (Å²) in [6, 6.07) is 4.51. The number of carbonyl (C=O) groups excluding carboxylic acids is 1. The van der Waals surface area contributed by atoms with Crippen LogP contribution in [-0.4, -0.2) is 40.3 Å². The van der Waals surface area contributed by atoms with Gasteiger partial charge in [-0.25, -0.2) is 0 Å². The average Bonchev–Trinajstić information content (AvgIpc) is 2.67. The van der Waals surface area contributed by atoms with E-state index >= 15 is 0 Å². The van der Waals surface area contributed by atoms with E-state index < -0.39 is 4.92 Å². The fourth-order valence-corrected chi connectivity index (χ4v) is 3.20. The van der Waals surface area contributed by atoms with Gasteiger partial charge in [0.05, 0.1) is 9.40 Å². The van der Waals surface area contributed by atoms with Gasteiger partial charge in [0.1, 0.15) is 0 Å². The molecule has 1 aromatic rings. The first-order valence-corrected chi connectivity index (χ1v) is 7.85. The third-order valence-corrected chi connectivity index (χ3v) is 4.62. The zero-order valence-electron chi connectivity index (χ0n) is 10.2. The minimum atomic E-state index is -0.487. The number of amides is 1. The molecule has 0 atom stereocenters. The number of nitro benzene ring substituents is 1. The van der Waals surface area contributed by atoms with Crippen LogP contribution in [0, 0.1) is 10.1 Å². The molecule has 1 fully saturated rings. The number of thioether (sulfide) groups is 1.